The predicted molar refractivity (Wildman–Crippen MR) is 80.7 cm³/mol. The van der Waals surface area contributed by atoms with E-state index in [1.165, 1.54) is 6.07 Å². The molecule has 9 heteroatoms. The Hall–Kier alpha value is -1.48. The summed E-state index contributed by atoms with van der Waals surface area (Å²) in [5, 5.41) is 15.3. The number of hydrogen-bond acceptors (Lipinski definition) is 5. The van der Waals surface area contributed by atoms with Crippen LogP contribution >= 0.6 is 12.4 Å². The van der Waals surface area contributed by atoms with Crippen LogP contribution in [-0.2, 0) is 9.53 Å². The number of amides is 1. The Bertz CT molecular complexity index is 516. The molecule has 0 saturated carbocycles. The topological polar surface area (TPSA) is 79.8 Å². The lowest BCUT2D eigenvalue weighted by Gasteiger charge is -2.23. The van der Waals surface area contributed by atoms with E-state index in [-0.39, 0.29) is 43.8 Å². The third-order valence-electron chi connectivity index (χ3n) is 3.08. The molecule has 2 rings (SSSR count). The molecular formula is C14H19ClF2N2O4. The summed E-state index contributed by atoms with van der Waals surface area (Å²) in [7, 11) is 0. The molecule has 0 radical (unpaired) electrons. The Morgan fingerprint density at radius 3 is 2.91 bits per heavy atom. The average Bonchev–Trinajstić information content (AvgIpc) is 2.54. The zero-order chi connectivity index (χ0) is 15.9. The van der Waals surface area contributed by atoms with Gasteiger partial charge in [0, 0.05) is 19.2 Å². The number of nitrogens with one attached hydrogen (secondary N) is 2. The number of ether oxygens (including phenoxy) is 2. The summed E-state index contributed by atoms with van der Waals surface area (Å²) in [6.45, 7) is 1.28. The maximum Gasteiger partial charge on any atom is 0.239 e. The van der Waals surface area contributed by atoms with Crippen molar-refractivity contribution in [3.8, 4) is 5.75 Å². The molecule has 1 heterocycles. The molecule has 1 aliphatic heterocycles. The predicted octanol–water partition coefficient (Wildman–Crippen LogP) is 0.231. The van der Waals surface area contributed by atoms with Gasteiger partial charge in [-0.05, 0) is 12.1 Å². The lowest BCUT2D eigenvalue weighted by atomic mass is 10.2. The number of halogens is 3. The molecule has 1 aliphatic rings. The minimum Gasteiger partial charge on any atom is -0.491 e. The van der Waals surface area contributed by atoms with Crippen molar-refractivity contribution in [1.82, 2.24) is 10.6 Å². The Labute approximate surface area is 138 Å². The van der Waals surface area contributed by atoms with Crippen molar-refractivity contribution in [3.63, 3.8) is 0 Å². The van der Waals surface area contributed by atoms with Crippen LogP contribution in [0.2, 0.25) is 0 Å². The third kappa shape index (κ3) is 6.26. The second kappa shape index (κ2) is 9.61. The molecule has 0 aliphatic carbocycles. The van der Waals surface area contributed by atoms with E-state index in [0.29, 0.717) is 13.2 Å². The molecule has 0 bridgehead atoms. The molecule has 1 amide bonds. The molecule has 1 aromatic carbocycles. The van der Waals surface area contributed by atoms with E-state index in [0.717, 1.165) is 12.1 Å². The zero-order valence-electron chi connectivity index (χ0n) is 12.3. The molecule has 3 N–H and O–H groups in total. The monoisotopic (exact) mass is 352 g/mol. The van der Waals surface area contributed by atoms with Crippen molar-refractivity contribution in [1.29, 1.82) is 0 Å². The molecule has 1 saturated heterocycles. The van der Waals surface area contributed by atoms with Crippen molar-refractivity contribution in [2.45, 2.75) is 12.1 Å². The number of morpholine rings is 1. The minimum absolute atomic E-state index is 0. The van der Waals surface area contributed by atoms with E-state index >= 15 is 0 Å². The van der Waals surface area contributed by atoms with E-state index in [1.807, 2.05) is 0 Å². The fraction of sp³-hybridized carbons (Fsp3) is 0.500. The lowest BCUT2D eigenvalue weighted by Crippen LogP contribution is -2.52. The van der Waals surface area contributed by atoms with Crippen LogP contribution in [0.4, 0.5) is 8.78 Å². The Balaban J connectivity index is 0.00000264. The van der Waals surface area contributed by atoms with E-state index in [2.05, 4.69) is 10.6 Å². The quantitative estimate of drug-likeness (QED) is 0.683. The average molecular weight is 353 g/mol. The molecular weight excluding hydrogens is 334 g/mol. The van der Waals surface area contributed by atoms with Gasteiger partial charge >= 0.3 is 0 Å². The fourth-order valence-corrected chi connectivity index (χ4v) is 1.89. The van der Waals surface area contributed by atoms with Gasteiger partial charge in [-0.3, -0.25) is 4.79 Å². The van der Waals surface area contributed by atoms with Crippen molar-refractivity contribution < 1.29 is 28.2 Å². The van der Waals surface area contributed by atoms with E-state index in [4.69, 9.17) is 9.47 Å². The van der Waals surface area contributed by atoms with Gasteiger partial charge in [0.1, 0.15) is 24.5 Å². The van der Waals surface area contributed by atoms with Crippen LogP contribution in [0.1, 0.15) is 0 Å². The van der Waals surface area contributed by atoms with Gasteiger partial charge < -0.3 is 25.2 Å². The summed E-state index contributed by atoms with van der Waals surface area (Å²) in [4.78, 5) is 11.8. The Morgan fingerprint density at radius 1 is 1.48 bits per heavy atom. The number of aliphatic hydroxyl groups excluding tert-OH is 1. The SMILES string of the molecule is Cl.O=C(NCC(O)COc1ccc(F)c(F)c1)C1COCCN1. The maximum atomic E-state index is 13.0. The first-order chi connectivity index (χ1) is 10.6. The number of hydrogen-bond donors (Lipinski definition) is 3. The first kappa shape index (κ1) is 19.6. The number of benzene rings is 1. The standard InChI is InChI=1S/C14H18F2N2O4.ClH/c15-11-2-1-10(5-12(11)16)22-7-9(19)6-18-14(20)13-8-21-4-3-17-13;/h1-2,5,9,13,17,19H,3-4,6-8H2,(H,18,20);1H. The van der Waals surface area contributed by atoms with Gasteiger partial charge in [-0.25, -0.2) is 8.78 Å². The highest BCUT2D eigenvalue weighted by molar-refractivity contribution is 5.85. The first-order valence-electron chi connectivity index (χ1n) is 6.91. The summed E-state index contributed by atoms with van der Waals surface area (Å²) in [5.41, 5.74) is 0. The number of rotatable bonds is 6. The van der Waals surface area contributed by atoms with Gasteiger partial charge in [-0.15, -0.1) is 12.4 Å². The van der Waals surface area contributed by atoms with Crippen molar-refractivity contribution in [2.75, 3.05) is 32.9 Å². The zero-order valence-corrected chi connectivity index (χ0v) is 13.1. The number of aliphatic hydroxyl groups is 1. The molecule has 1 fully saturated rings. The normalized spacial score (nSPS) is 18.7. The van der Waals surface area contributed by atoms with Crippen LogP contribution in [-0.4, -0.2) is 56.1 Å². The van der Waals surface area contributed by atoms with Gasteiger partial charge in [0.2, 0.25) is 5.91 Å². The Morgan fingerprint density at radius 2 is 2.26 bits per heavy atom. The van der Waals surface area contributed by atoms with Gasteiger partial charge in [-0.1, -0.05) is 0 Å². The molecule has 23 heavy (non-hydrogen) atoms. The van der Waals surface area contributed by atoms with Crippen LogP contribution in [0.5, 0.6) is 5.75 Å². The largest absolute Gasteiger partial charge is 0.491 e. The van der Waals surface area contributed by atoms with Gasteiger partial charge in [0.25, 0.3) is 0 Å². The molecule has 130 valence electrons. The van der Waals surface area contributed by atoms with Crippen LogP contribution < -0.4 is 15.4 Å². The number of carbonyl (C=O) groups is 1. The lowest BCUT2D eigenvalue weighted by molar-refractivity contribution is -0.126. The summed E-state index contributed by atoms with van der Waals surface area (Å²) in [6.07, 6.45) is -0.971. The van der Waals surface area contributed by atoms with Crippen LogP contribution in [0.25, 0.3) is 0 Å². The summed E-state index contributed by atoms with van der Waals surface area (Å²) >= 11 is 0. The highest BCUT2D eigenvalue weighted by atomic mass is 35.5. The Kier molecular flexibility index (Phi) is 8.18. The molecule has 2 unspecified atom stereocenters. The molecule has 2 atom stereocenters. The highest BCUT2D eigenvalue weighted by Crippen LogP contribution is 2.15. The summed E-state index contributed by atoms with van der Waals surface area (Å²) < 4.78 is 36.0. The van der Waals surface area contributed by atoms with Crippen molar-refractivity contribution in [3.05, 3.63) is 29.8 Å². The van der Waals surface area contributed by atoms with Gasteiger partial charge in [0.15, 0.2) is 11.6 Å². The second-order valence-electron chi connectivity index (χ2n) is 4.87. The molecule has 6 nitrogen and oxygen atoms in total. The third-order valence-corrected chi connectivity index (χ3v) is 3.08. The number of carbonyl (C=O) groups excluding carboxylic acids is 1. The van der Waals surface area contributed by atoms with Crippen molar-refractivity contribution in [2.24, 2.45) is 0 Å². The summed E-state index contributed by atoms with van der Waals surface area (Å²) in [5.74, 6) is -2.16. The van der Waals surface area contributed by atoms with E-state index < -0.39 is 23.8 Å². The molecule has 0 spiro atoms. The molecule has 1 aromatic rings. The van der Waals surface area contributed by atoms with Gasteiger partial charge in [0.05, 0.1) is 13.2 Å². The smallest absolute Gasteiger partial charge is 0.239 e. The van der Waals surface area contributed by atoms with Crippen molar-refractivity contribution >= 4 is 18.3 Å². The van der Waals surface area contributed by atoms with E-state index in [1.54, 1.807) is 0 Å². The van der Waals surface area contributed by atoms with Crippen LogP contribution in [0.15, 0.2) is 18.2 Å². The van der Waals surface area contributed by atoms with Crippen LogP contribution in [0.3, 0.4) is 0 Å². The summed E-state index contributed by atoms with van der Waals surface area (Å²) in [6, 6.07) is 2.65. The minimum atomic E-state index is -1.02. The fourth-order valence-electron chi connectivity index (χ4n) is 1.89. The first-order valence-corrected chi connectivity index (χ1v) is 6.91. The second-order valence-corrected chi connectivity index (χ2v) is 4.87. The van der Waals surface area contributed by atoms with E-state index in [9.17, 15) is 18.7 Å². The maximum absolute atomic E-state index is 13.0. The molecule has 0 aromatic heterocycles. The highest BCUT2D eigenvalue weighted by Gasteiger charge is 2.21. The van der Waals surface area contributed by atoms with Crippen LogP contribution in [0, 0.1) is 11.6 Å². The van der Waals surface area contributed by atoms with Gasteiger partial charge in [-0.2, -0.15) is 0 Å².